The molecule has 21 heteroatoms. The highest BCUT2D eigenvalue weighted by Crippen LogP contribution is 2.39. The van der Waals surface area contributed by atoms with E-state index in [0.29, 0.717) is 45.7 Å². The number of amides is 4. The van der Waals surface area contributed by atoms with E-state index in [1.807, 2.05) is 38.1 Å². The molecule has 0 radical (unpaired) electrons. The number of imide groups is 1. The molecular formula is C45H56BF2N7O10S. The number of carbonyl (C=O) groups is 5. The highest BCUT2D eigenvalue weighted by molar-refractivity contribution is 7.85. The second-order valence-corrected chi connectivity index (χ2v) is 19.2. The Hall–Kier alpha value is -6.19. The summed E-state index contributed by atoms with van der Waals surface area (Å²) in [5, 5.41) is 5.14. The molecule has 1 unspecified atom stereocenters. The first-order valence-electron chi connectivity index (χ1n) is 21.9. The third kappa shape index (κ3) is 12.6. The van der Waals surface area contributed by atoms with E-state index in [-0.39, 0.29) is 58.1 Å². The van der Waals surface area contributed by atoms with Gasteiger partial charge in [-0.2, -0.15) is 0 Å². The second kappa shape index (κ2) is 20.5. The van der Waals surface area contributed by atoms with Gasteiger partial charge in [-0.05, 0) is 87.1 Å². The van der Waals surface area contributed by atoms with E-state index in [1.54, 1.807) is 42.5 Å². The fourth-order valence-electron chi connectivity index (χ4n) is 7.96. The van der Waals surface area contributed by atoms with E-state index in [1.165, 1.54) is 4.49 Å². The van der Waals surface area contributed by atoms with Crippen LogP contribution in [-0.4, -0.2) is 131 Å². The fraction of sp³-hybridized carbons (Fsp3) is 0.422. The molecular weight excluding hydrogens is 879 g/mol. The lowest BCUT2D eigenvalue weighted by Crippen LogP contribution is -2.51. The minimum Gasteiger partial charge on any atom is -0.748 e. The van der Waals surface area contributed by atoms with Crippen LogP contribution < -0.4 is 15.4 Å². The zero-order chi connectivity index (χ0) is 48.0. The molecule has 6 rings (SSSR count). The number of quaternary nitrogens is 1. The van der Waals surface area contributed by atoms with Gasteiger partial charge in [-0.25, -0.2) is 13.2 Å². The largest absolute Gasteiger partial charge is 0.748 e. The van der Waals surface area contributed by atoms with Gasteiger partial charge >= 0.3 is 12.9 Å². The summed E-state index contributed by atoms with van der Waals surface area (Å²) in [6.45, 7) is 0.375. The molecule has 3 aliphatic rings. The van der Waals surface area contributed by atoms with Crippen LogP contribution in [0, 0.1) is 13.8 Å². The Kier molecular flexibility index (Phi) is 15.3. The predicted octanol–water partition coefficient (Wildman–Crippen LogP) is 4.19. The third-order valence-corrected chi connectivity index (χ3v) is 12.0. The Morgan fingerprint density at radius 3 is 2.33 bits per heavy atom. The molecule has 0 spiro atoms. The van der Waals surface area contributed by atoms with Crippen molar-refractivity contribution in [3.05, 3.63) is 93.7 Å². The van der Waals surface area contributed by atoms with Gasteiger partial charge < -0.3 is 51.8 Å². The zero-order valence-corrected chi connectivity index (χ0v) is 38.5. The van der Waals surface area contributed by atoms with E-state index in [0.717, 1.165) is 44.3 Å². The minimum absolute atomic E-state index is 0.0335. The highest BCUT2D eigenvalue weighted by Gasteiger charge is 2.54. The summed E-state index contributed by atoms with van der Waals surface area (Å²) in [6.07, 6.45) is 8.86. The summed E-state index contributed by atoms with van der Waals surface area (Å²) in [7, 11) is 1.43. The number of fused-ring (bicyclic) bond motifs is 2. The number of benzene rings is 1. The summed E-state index contributed by atoms with van der Waals surface area (Å²) in [5.74, 6) is -4.35. The molecule has 0 aliphatic carbocycles. The van der Waals surface area contributed by atoms with Gasteiger partial charge in [0.1, 0.15) is 17.5 Å². The van der Waals surface area contributed by atoms with Crippen LogP contribution in [0.1, 0.15) is 91.7 Å². The van der Waals surface area contributed by atoms with Crippen molar-refractivity contribution in [2.45, 2.75) is 77.7 Å². The maximum Gasteiger partial charge on any atom is 0.737 e. The monoisotopic (exact) mass is 935 g/mol. The van der Waals surface area contributed by atoms with Gasteiger partial charge in [-0.1, -0.05) is 18.2 Å². The molecule has 4 amide bonds. The first-order valence-corrected chi connectivity index (χ1v) is 23.5. The molecule has 0 saturated carbocycles. The molecule has 1 saturated heterocycles. The van der Waals surface area contributed by atoms with Crippen LogP contribution in [0.15, 0.2) is 59.8 Å². The Balaban J connectivity index is 1.00. The van der Waals surface area contributed by atoms with Crippen molar-refractivity contribution < 1.29 is 64.1 Å². The van der Waals surface area contributed by atoms with Crippen molar-refractivity contribution in [2.24, 2.45) is 0 Å². The molecule has 66 heavy (non-hydrogen) atoms. The van der Waals surface area contributed by atoms with E-state index in [4.69, 9.17) is 9.57 Å². The smallest absolute Gasteiger partial charge is 0.737 e. The van der Waals surface area contributed by atoms with Gasteiger partial charge in [0.2, 0.25) is 11.8 Å². The number of H-pyrrole nitrogens is 1. The predicted molar refractivity (Wildman–Crippen MR) is 241 cm³/mol. The van der Waals surface area contributed by atoms with E-state index >= 15 is 8.63 Å². The van der Waals surface area contributed by atoms with Crippen LogP contribution in [0.5, 0.6) is 5.75 Å². The molecule has 1 atom stereocenters. The van der Waals surface area contributed by atoms with Crippen LogP contribution in [0.3, 0.4) is 0 Å². The molecule has 3 N–H and O–H groups in total. The van der Waals surface area contributed by atoms with Gasteiger partial charge in [0, 0.05) is 73.5 Å². The Labute approximate surface area is 382 Å². The molecule has 1 aromatic carbocycles. The van der Waals surface area contributed by atoms with Crippen LogP contribution >= 0.6 is 0 Å². The van der Waals surface area contributed by atoms with Gasteiger partial charge in [0.15, 0.2) is 11.4 Å². The number of ether oxygens (including phenoxy) is 1. The van der Waals surface area contributed by atoms with Crippen LogP contribution in [-0.2, 0) is 38.9 Å². The van der Waals surface area contributed by atoms with Crippen LogP contribution in [0.25, 0.3) is 18.2 Å². The number of unbranched alkanes of at least 4 members (excludes halogenated alkanes) is 1. The molecule has 354 valence electrons. The normalized spacial score (nSPS) is 16.3. The van der Waals surface area contributed by atoms with Crippen LogP contribution in [0.2, 0.25) is 0 Å². The number of aryl methyl sites for hydroxylation is 2. The third-order valence-electron chi connectivity index (χ3n) is 11.2. The second-order valence-electron chi connectivity index (χ2n) is 17.7. The SMILES string of the molecule is Cc1ccc(C2=[N+]3C(=Cc4c(C)cc(/C=C/c5ccc(OCCCC(=O)NC(CS(=O)(=O)[O-])C(=O)NCCCCC(=O)ON6C(=O)CCC6=O)cc5)n4[B-]3(F)F)C(CCC[N+](C)(C)C)=C2)[nH]1. The number of hydrogen-bond donors (Lipinski definition) is 3. The number of hydroxylamine groups is 2. The number of carbonyl (C=O) groups excluding carboxylic acids is 5. The van der Waals surface area contributed by atoms with Gasteiger partial charge in [-0.15, -0.1) is 5.06 Å². The van der Waals surface area contributed by atoms with E-state index in [9.17, 15) is 36.9 Å². The Morgan fingerprint density at radius 2 is 1.68 bits per heavy atom. The molecule has 3 aliphatic heterocycles. The van der Waals surface area contributed by atoms with Gasteiger partial charge in [0.05, 0.1) is 50.2 Å². The quantitative estimate of drug-likeness (QED) is 0.0430. The topological polar surface area (TPSA) is 212 Å². The summed E-state index contributed by atoms with van der Waals surface area (Å²) >= 11 is 0. The number of aromatic nitrogens is 2. The van der Waals surface area contributed by atoms with Gasteiger partial charge in [0.25, 0.3) is 11.8 Å². The Bertz CT molecular complexity index is 2590. The number of allylic oxidation sites excluding steroid dienone is 2. The maximum absolute atomic E-state index is 17.0. The Morgan fingerprint density at radius 1 is 0.970 bits per heavy atom. The van der Waals surface area contributed by atoms with Crippen molar-refractivity contribution in [1.82, 2.24) is 25.2 Å². The van der Waals surface area contributed by atoms with Crippen molar-refractivity contribution in [2.75, 3.05) is 46.6 Å². The maximum atomic E-state index is 17.0. The lowest BCUT2D eigenvalue weighted by Gasteiger charge is -2.31. The zero-order valence-electron chi connectivity index (χ0n) is 37.7. The molecule has 0 bridgehead atoms. The summed E-state index contributed by atoms with van der Waals surface area (Å²) in [5.41, 5.74) is 5.61. The van der Waals surface area contributed by atoms with Crippen LogP contribution in [0.4, 0.5) is 8.63 Å². The van der Waals surface area contributed by atoms with Crippen molar-refractivity contribution in [3.8, 4) is 5.75 Å². The number of nitrogens with one attached hydrogen (secondary N) is 3. The summed E-state index contributed by atoms with van der Waals surface area (Å²) in [6, 6.07) is 10.7. The number of aromatic amines is 1. The van der Waals surface area contributed by atoms with Crippen molar-refractivity contribution in [3.63, 3.8) is 0 Å². The van der Waals surface area contributed by atoms with Gasteiger partial charge in [-0.3, -0.25) is 19.2 Å². The standard InChI is InChI=1S/C45H56BF2N7O10S/c1-30-26-34(52-38(30)28-39-33(10-8-24-55(3,4)5)27-40(53(39)46(52,47)48)36-20-13-31(2)50-36)17-14-32-15-18-35(19-16-32)64-25-9-11-41(56)51-37(29-66(61,62)63)45(60)49-23-7-6-12-44(59)65-54-42(57)21-22-43(54)58/h13-20,26-28,37,50H,6-12,21-25,29H2,1-5H3,(H2-,49,51,56,60,61,62,63)/b17-14+. The molecule has 17 nitrogen and oxygen atoms in total. The van der Waals surface area contributed by atoms with E-state index in [2.05, 4.69) is 36.8 Å². The lowest BCUT2D eigenvalue weighted by atomic mass is 9.88. The van der Waals surface area contributed by atoms with Crippen molar-refractivity contribution >= 4 is 70.6 Å². The molecule has 5 heterocycles. The number of nitrogens with zero attached hydrogens (tertiary/aromatic N) is 4. The first-order chi connectivity index (χ1) is 31.1. The molecule has 3 aromatic rings. The average molecular weight is 936 g/mol. The highest BCUT2D eigenvalue weighted by atomic mass is 32.2. The number of rotatable bonds is 22. The lowest BCUT2D eigenvalue weighted by molar-refractivity contribution is -0.870. The summed E-state index contributed by atoms with van der Waals surface area (Å²) < 4.78 is 77.4. The number of halogens is 2. The van der Waals surface area contributed by atoms with E-state index < -0.39 is 58.5 Å². The number of hydrogen-bond acceptors (Lipinski definition) is 10. The fourth-order valence-corrected chi connectivity index (χ4v) is 8.60. The molecule has 2 aromatic heterocycles. The summed E-state index contributed by atoms with van der Waals surface area (Å²) in [4.78, 5) is 68.5. The van der Waals surface area contributed by atoms with Crippen molar-refractivity contribution in [1.29, 1.82) is 0 Å². The average Bonchev–Trinajstić information content (AvgIpc) is 4.00. The first kappa shape index (κ1) is 49.3. The molecule has 1 fully saturated rings. The minimum atomic E-state index is -4.91.